The van der Waals surface area contributed by atoms with Crippen LogP contribution in [0.15, 0.2) is 48.5 Å². The van der Waals surface area contributed by atoms with E-state index < -0.39 is 0 Å². The largest absolute Gasteiger partial charge is 0.497 e. The minimum atomic E-state index is -0.220. The third kappa shape index (κ3) is 3.51. The number of hydrogen-bond donors (Lipinski definition) is 1. The predicted octanol–water partition coefficient (Wildman–Crippen LogP) is 2.88. The molecule has 1 aliphatic heterocycles. The summed E-state index contributed by atoms with van der Waals surface area (Å²) in [6.07, 6.45) is 0.282. The molecule has 0 aromatic heterocycles. The Morgan fingerprint density at radius 1 is 1.17 bits per heavy atom. The number of hydrogen-bond acceptors (Lipinski definition) is 3. The van der Waals surface area contributed by atoms with Gasteiger partial charge in [-0.3, -0.25) is 9.59 Å². The third-order valence-corrected chi connectivity index (χ3v) is 4.20. The molecule has 2 aromatic rings. The van der Waals surface area contributed by atoms with Gasteiger partial charge in [0, 0.05) is 29.2 Å². The second-order valence-electron chi connectivity index (χ2n) is 5.58. The summed E-state index contributed by atoms with van der Waals surface area (Å²) in [6, 6.07) is 13.7. The van der Waals surface area contributed by atoms with E-state index >= 15 is 0 Å². The summed E-state index contributed by atoms with van der Waals surface area (Å²) in [5.41, 5.74) is 1.32. The highest BCUT2D eigenvalue weighted by atomic mass is 35.5. The standard InChI is InChI=1S/C18H17ClN2O3/c1-24-16-8-2-12(3-9-16)18(23)20-14-10-17(22)21(11-14)15-6-4-13(19)5-7-15/h2-9,14H,10-11H2,1H3,(H,20,23). The molecule has 1 unspecified atom stereocenters. The SMILES string of the molecule is COc1ccc(C(=O)NC2CC(=O)N(c3ccc(Cl)cc3)C2)cc1. The van der Waals surface area contributed by atoms with Crippen LogP contribution in [-0.4, -0.2) is 31.5 Å². The number of anilines is 1. The molecule has 0 aliphatic carbocycles. The number of ether oxygens (including phenoxy) is 1. The molecule has 0 saturated carbocycles. The number of methoxy groups -OCH3 is 1. The second kappa shape index (κ2) is 6.93. The zero-order valence-electron chi connectivity index (χ0n) is 13.2. The van der Waals surface area contributed by atoms with Crippen LogP contribution in [0.4, 0.5) is 5.69 Å². The molecule has 1 saturated heterocycles. The number of amides is 2. The van der Waals surface area contributed by atoms with E-state index in [9.17, 15) is 9.59 Å². The number of nitrogens with one attached hydrogen (secondary N) is 1. The zero-order chi connectivity index (χ0) is 17.1. The van der Waals surface area contributed by atoms with Crippen LogP contribution < -0.4 is 15.0 Å². The first-order valence-corrected chi connectivity index (χ1v) is 7.95. The van der Waals surface area contributed by atoms with Crippen molar-refractivity contribution >= 4 is 29.1 Å². The van der Waals surface area contributed by atoms with Crippen LogP contribution in [0, 0.1) is 0 Å². The van der Waals surface area contributed by atoms with Gasteiger partial charge in [-0.1, -0.05) is 11.6 Å². The molecular weight excluding hydrogens is 328 g/mol. The van der Waals surface area contributed by atoms with Crippen LogP contribution in [0.25, 0.3) is 0 Å². The number of rotatable bonds is 4. The Bertz CT molecular complexity index is 744. The number of carbonyl (C=O) groups excluding carboxylic acids is 2. The van der Waals surface area contributed by atoms with E-state index in [0.717, 1.165) is 5.69 Å². The molecule has 124 valence electrons. The molecule has 0 spiro atoms. The van der Waals surface area contributed by atoms with Gasteiger partial charge in [0.1, 0.15) is 5.75 Å². The van der Waals surface area contributed by atoms with Crippen molar-refractivity contribution in [1.29, 1.82) is 0 Å². The Labute approximate surface area is 145 Å². The molecule has 2 aromatic carbocycles. The van der Waals surface area contributed by atoms with Gasteiger partial charge in [0.25, 0.3) is 5.91 Å². The first-order chi connectivity index (χ1) is 11.6. The number of benzene rings is 2. The fourth-order valence-electron chi connectivity index (χ4n) is 2.69. The smallest absolute Gasteiger partial charge is 0.251 e. The van der Waals surface area contributed by atoms with Crippen molar-refractivity contribution in [2.45, 2.75) is 12.5 Å². The number of nitrogens with zero attached hydrogens (tertiary/aromatic N) is 1. The topological polar surface area (TPSA) is 58.6 Å². The van der Waals surface area contributed by atoms with Crippen molar-refractivity contribution in [3.05, 3.63) is 59.1 Å². The zero-order valence-corrected chi connectivity index (χ0v) is 13.9. The molecule has 0 bridgehead atoms. The molecule has 24 heavy (non-hydrogen) atoms. The Kier molecular flexibility index (Phi) is 4.71. The van der Waals surface area contributed by atoms with Crippen LogP contribution in [0.1, 0.15) is 16.8 Å². The van der Waals surface area contributed by atoms with Gasteiger partial charge in [0.2, 0.25) is 5.91 Å². The van der Waals surface area contributed by atoms with Crippen LogP contribution in [0.2, 0.25) is 5.02 Å². The quantitative estimate of drug-likeness (QED) is 0.927. The maximum Gasteiger partial charge on any atom is 0.251 e. The molecule has 6 heteroatoms. The molecule has 1 aliphatic rings. The fraction of sp³-hybridized carbons (Fsp3) is 0.222. The number of carbonyl (C=O) groups is 2. The van der Waals surface area contributed by atoms with E-state index in [1.54, 1.807) is 60.5 Å². The lowest BCUT2D eigenvalue weighted by Crippen LogP contribution is -2.37. The van der Waals surface area contributed by atoms with Crippen molar-refractivity contribution in [2.24, 2.45) is 0 Å². The van der Waals surface area contributed by atoms with Crippen LogP contribution >= 0.6 is 11.6 Å². The molecule has 1 N–H and O–H groups in total. The van der Waals surface area contributed by atoms with Gasteiger partial charge < -0.3 is 15.0 Å². The average molecular weight is 345 g/mol. The van der Waals surface area contributed by atoms with Gasteiger partial charge in [0.15, 0.2) is 0 Å². The summed E-state index contributed by atoms with van der Waals surface area (Å²) in [7, 11) is 1.57. The summed E-state index contributed by atoms with van der Waals surface area (Å²) in [5.74, 6) is 0.474. The summed E-state index contributed by atoms with van der Waals surface area (Å²) in [4.78, 5) is 26.2. The molecule has 1 heterocycles. The van der Waals surface area contributed by atoms with Crippen molar-refractivity contribution in [1.82, 2.24) is 5.32 Å². The lowest BCUT2D eigenvalue weighted by atomic mass is 10.2. The van der Waals surface area contributed by atoms with Crippen molar-refractivity contribution in [3.63, 3.8) is 0 Å². The fourth-order valence-corrected chi connectivity index (χ4v) is 2.81. The Morgan fingerprint density at radius 3 is 2.46 bits per heavy atom. The van der Waals surface area contributed by atoms with Crippen molar-refractivity contribution < 1.29 is 14.3 Å². The maximum atomic E-state index is 12.3. The molecule has 1 atom stereocenters. The molecule has 5 nitrogen and oxygen atoms in total. The summed E-state index contributed by atoms with van der Waals surface area (Å²) in [6.45, 7) is 0.447. The van der Waals surface area contributed by atoms with Crippen LogP contribution in [0.5, 0.6) is 5.75 Å². The van der Waals surface area contributed by atoms with Crippen molar-refractivity contribution in [2.75, 3.05) is 18.6 Å². The lowest BCUT2D eigenvalue weighted by molar-refractivity contribution is -0.117. The lowest BCUT2D eigenvalue weighted by Gasteiger charge is -2.17. The summed E-state index contributed by atoms with van der Waals surface area (Å²) >= 11 is 5.87. The Hall–Kier alpha value is -2.53. The normalized spacial score (nSPS) is 17.0. The van der Waals surface area contributed by atoms with Gasteiger partial charge >= 0.3 is 0 Å². The van der Waals surface area contributed by atoms with E-state index in [-0.39, 0.29) is 24.3 Å². The van der Waals surface area contributed by atoms with Gasteiger partial charge in [-0.2, -0.15) is 0 Å². The van der Waals surface area contributed by atoms with Crippen LogP contribution in [-0.2, 0) is 4.79 Å². The maximum absolute atomic E-state index is 12.3. The van der Waals surface area contributed by atoms with E-state index in [1.165, 1.54) is 0 Å². The van der Waals surface area contributed by atoms with E-state index in [0.29, 0.717) is 22.9 Å². The molecule has 0 radical (unpaired) electrons. The minimum Gasteiger partial charge on any atom is -0.497 e. The molecule has 3 rings (SSSR count). The highest BCUT2D eigenvalue weighted by Crippen LogP contribution is 2.23. The van der Waals surface area contributed by atoms with Gasteiger partial charge in [-0.15, -0.1) is 0 Å². The van der Waals surface area contributed by atoms with Gasteiger partial charge in [-0.05, 0) is 48.5 Å². The van der Waals surface area contributed by atoms with Gasteiger partial charge in [-0.25, -0.2) is 0 Å². The van der Waals surface area contributed by atoms with E-state index in [1.807, 2.05) is 0 Å². The molecule has 2 amide bonds. The summed E-state index contributed by atoms with van der Waals surface area (Å²) in [5, 5.41) is 3.53. The average Bonchev–Trinajstić information content (AvgIpc) is 2.96. The monoisotopic (exact) mass is 344 g/mol. The minimum absolute atomic E-state index is 0.0163. The first kappa shape index (κ1) is 16.3. The van der Waals surface area contributed by atoms with E-state index in [4.69, 9.17) is 16.3 Å². The predicted molar refractivity (Wildman–Crippen MR) is 92.7 cm³/mol. The van der Waals surface area contributed by atoms with Crippen molar-refractivity contribution in [3.8, 4) is 5.75 Å². The summed E-state index contributed by atoms with van der Waals surface area (Å²) < 4.78 is 5.08. The second-order valence-corrected chi connectivity index (χ2v) is 6.02. The first-order valence-electron chi connectivity index (χ1n) is 7.57. The Morgan fingerprint density at radius 2 is 1.83 bits per heavy atom. The van der Waals surface area contributed by atoms with Crippen LogP contribution in [0.3, 0.4) is 0 Å². The molecular formula is C18H17ClN2O3. The Balaban J connectivity index is 1.65. The van der Waals surface area contributed by atoms with Gasteiger partial charge in [0.05, 0.1) is 13.2 Å². The molecule has 1 fully saturated rings. The highest BCUT2D eigenvalue weighted by Gasteiger charge is 2.31. The third-order valence-electron chi connectivity index (χ3n) is 3.95. The van der Waals surface area contributed by atoms with E-state index in [2.05, 4.69) is 5.32 Å². The highest BCUT2D eigenvalue weighted by molar-refractivity contribution is 6.30. The number of halogens is 1.